The van der Waals surface area contributed by atoms with Gasteiger partial charge in [0.05, 0.1) is 30.6 Å². The summed E-state index contributed by atoms with van der Waals surface area (Å²) in [6.07, 6.45) is 3.65. The van der Waals surface area contributed by atoms with Gasteiger partial charge in [-0.2, -0.15) is 5.10 Å². The van der Waals surface area contributed by atoms with E-state index in [4.69, 9.17) is 9.84 Å². The Bertz CT molecular complexity index is 895. The SMILES string of the molecule is CC(CC(=O)O)c1ccc(CCOc2ccc(-c3ccn[nH]3)nc2)c(F)c1. The van der Waals surface area contributed by atoms with Gasteiger partial charge in [0, 0.05) is 12.6 Å². The van der Waals surface area contributed by atoms with Gasteiger partial charge in [0.1, 0.15) is 11.6 Å². The molecule has 1 unspecified atom stereocenters. The van der Waals surface area contributed by atoms with Crippen LogP contribution in [0.5, 0.6) is 5.75 Å². The summed E-state index contributed by atoms with van der Waals surface area (Å²) in [7, 11) is 0. The molecule has 3 rings (SSSR count). The summed E-state index contributed by atoms with van der Waals surface area (Å²) in [5.41, 5.74) is 2.79. The molecule has 0 aliphatic carbocycles. The molecule has 1 aromatic carbocycles. The highest BCUT2D eigenvalue weighted by atomic mass is 19.1. The third-order valence-electron chi connectivity index (χ3n) is 4.28. The molecule has 0 aliphatic heterocycles. The van der Waals surface area contributed by atoms with Crippen LogP contribution in [0.2, 0.25) is 0 Å². The minimum Gasteiger partial charge on any atom is -0.492 e. The van der Waals surface area contributed by atoms with E-state index < -0.39 is 5.97 Å². The summed E-state index contributed by atoms with van der Waals surface area (Å²) in [5, 5.41) is 15.6. The smallest absolute Gasteiger partial charge is 0.303 e. The third-order valence-corrected chi connectivity index (χ3v) is 4.28. The highest BCUT2D eigenvalue weighted by molar-refractivity contribution is 5.68. The van der Waals surface area contributed by atoms with Crippen LogP contribution in [-0.4, -0.2) is 32.9 Å². The second kappa shape index (κ2) is 8.44. The molecule has 2 heterocycles. The standard InChI is InChI=1S/C20H20FN3O3/c1-13(10-20(25)26)15-3-2-14(17(21)11-15)7-9-27-16-4-5-18(22-12-16)19-6-8-23-24-19/h2-6,8,11-13H,7,9-10H2,1H3,(H,23,24)(H,25,26). The summed E-state index contributed by atoms with van der Waals surface area (Å²) in [6, 6.07) is 10.3. The summed E-state index contributed by atoms with van der Waals surface area (Å²) >= 11 is 0. The highest BCUT2D eigenvalue weighted by Crippen LogP contribution is 2.22. The molecule has 0 bridgehead atoms. The second-order valence-electron chi connectivity index (χ2n) is 6.30. The number of carbonyl (C=O) groups is 1. The van der Waals surface area contributed by atoms with E-state index in [9.17, 15) is 9.18 Å². The topological polar surface area (TPSA) is 88.1 Å². The van der Waals surface area contributed by atoms with Gasteiger partial charge >= 0.3 is 5.97 Å². The van der Waals surface area contributed by atoms with Crippen LogP contribution in [-0.2, 0) is 11.2 Å². The predicted octanol–water partition coefficient (Wildman–Crippen LogP) is 3.81. The molecule has 0 radical (unpaired) electrons. The summed E-state index contributed by atoms with van der Waals surface area (Å²) in [4.78, 5) is 15.1. The molecule has 0 amide bonds. The van der Waals surface area contributed by atoms with Crippen LogP contribution < -0.4 is 4.74 Å². The summed E-state index contributed by atoms with van der Waals surface area (Å²) in [6.45, 7) is 2.08. The number of nitrogens with zero attached hydrogens (tertiary/aromatic N) is 2. The average molecular weight is 369 g/mol. The summed E-state index contributed by atoms with van der Waals surface area (Å²) < 4.78 is 19.9. The van der Waals surface area contributed by atoms with E-state index in [1.54, 1.807) is 37.5 Å². The van der Waals surface area contributed by atoms with Crippen LogP contribution in [0.25, 0.3) is 11.4 Å². The van der Waals surface area contributed by atoms with E-state index in [0.717, 1.165) is 11.4 Å². The largest absolute Gasteiger partial charge is 0.492 e. The number of carboxylic acids is 1. The average Bonchev–Trinajstić information content (AvgIpc) is 3.17. The van der Waals surface area contributed by atoms with Crippen molar-refractivity contribution in [3.8, 4) is 17.1 Å². The molecular weight excluding hydrogens is 349 g/mol. The predicted molar refractivity (Wildman–Crippen MR) is 98.1 cm³/mol. The molecule has 140 valence electrons. The van der Waals surface area contributed by atoms with E-state index in [1.165, 1.54) is 6.07 Å². The van der Waals surface area contributed by atoms with Gasteiger partial charge in [-0.25, -0.2) is 4.39 Å². The second-order valence-corrected chi connectivity index (χ2v) is 6.30. The zero-order valence-electron chi connectivity index (χ0n) is 14.9. The molecule has 0 aliphatic rings. The number of aromatic nitrogens is 3. The number of halogens is 1. The van der Waals surface area contributed by atoms with Crippen LogP contribution in [0.1, 0.15) is 30.4 Å². The van der Waals surface area contributed by atoms with E-state index in [1.807, 2.05) is 12.1 Å². The van der Waals surface area contributed by atoms with Crippen molar-refractivity contribution in [1.29, 1.82) is 0 Å². The van der Waals surface area contributed by atoms with E-state index in [0.29, 0.717) is 29.9 Å². The molecule has 6 nitrogen and oxygen atoms in total. The lowest BCUT2D eigenvalue weighted by Crippen LogP contribution is -2.06. The number of hydrogen-bond donors (Lipinski definition) is 2. The van der Waals surface area contributed by atoms with Gasteiger partial charge in [-0.05, 0) is 41.3 Å². The molecule has 2 aromatic heterocycles. The first kappa shape index (κ1) is 18.6. The van der Waals surface area contributed by atoms with Gasteiger partial charge < -0.3 is 9.84 Å². The van der Waals surface area contributed by atoms with Crippen molar-refractivity contribution >= 4 is 5.97 Å². The van der Waals surface area contributed by atoms with Gasteiger partial charge in [0.15, 0.2) is 0 Å². The lowest BCUT2D eigenvalue weighted by atomic mass is 9.96. The Morgan fingerprint density at radius 1 is 1.30 bits per heavy atom. The van der Waals surface area contributed by atoms with Crippen molar-refractivity contribution in [2.75, 3.05) is 6.61 Å². The molecule has 1 atom stereocenters. The quantitative estimate of drug-likeness (QED) is 0.630. The molecule has 0 fully saturated rings. The monoisotopic (exact) mass is 369 g/mol. The Morgan fingerprint density at radius 3 is 2.78 bits per heavy atom. The first-order chi connectivity index (χ1) is 13.0. The fourth-order valence-electron chi connectivity index (χ4n) is 2.75. The fourth-order valence-corrected chi connectivity index (χ4v) is 2.75. The lowest BCUT2D eigenvalue weighted by molar-refractivity contribution is -0.137. The fraction of sp³-hybridized carbons (Fsp3) is 0.250. The van der Waals surface area contributed by atoms with Crippen LogP contribution in [0.3, 0.4) is 0 Å². The van der Waals surface area contributed by atoms with Crippen molar-refractivity contribution in [3.63, 3.8) is 0 Å². The third kappa shape index (κ3) is 4.91. The van der Waals surface area contributed by atoms with Crippen LogP contribution >= 0.6 is 0 Å². The molecule has 7 heteroatoms. The normalized spacial score (nSPS) is 11.9. The highest BCUT2D eigenvalue weighted by Gasteiger charge is 2.12. The Hall–Kier alpha value is -3.22. The van der Waals surface area contributed by atoms with Crippen molar-refractivity contribution < 1.29 is 19.0 Å². The van der Waals surface area contributed by atoms with Crippen LogP contribution in [0.4, 0.5) is 4.39 Å². The van der Waals surface area contributed by atoms with Gasteiger partial charge in [0.25, 0.3) is 0 Å². The zero-order chi connectivity index (χ0) is 19.2. The first-order valence-corrected chi connectivity index (χ1v) is 8.61. The molecule has 27 heavy (non-hydrogen) atoms. The number of pyridine rings is 1. The minimum atomic E-state index is -0.896. The Kier molecular flexibility index (Phi) is 5.80. The van der Waals surface area contributed by atoms with Gasteiger partial charge in [-0.1, -0.05) is 19.1 Å². The van der Waals surface area contributed by atoms with Crippen molar-refractivity contribution in [3.05, 3.63) is 65.7 Å². The van der Waals surface area contributed by atoms with Crippen LogP contribution in [0, 0.1) is 5.82 Å². The summed E-state index contributed by atoms with van der Waals surface area (Å²) in [5.74, 6) is -0.874. The maximum absolute atomic E-state index is 14.3. The van der Waals surface area contributed by atoms with E-state index in [2.05, 4.69) is 15.2 Å². The number of carboxylic acid groups (broad SMARTS) is 1. The first-order valence-electron chi connectivity index (χ1n) is 8.61. The Morgan fingerprint density at radius 2 is 2.15 bits per heavy atom. The number of rotatable bonds is 8. The van der Waals surface area contributed by atoms with E-state index >= 15 is 0 Å². The molecular formula is C20H20FN3O3. The van der Waals surface area contributed by atoms with Crippen LogP contribution in [0.15, 0.2) is 48.8 Å². The molecule has 2 N–H and O–H groups in total. The maximum Gasteiger partial charge on any atom is 0.303 e. The number of ether oxygens (including phenoxy) is 1. The lowest BCUT2D eigenvalue weighted by Gasteiger charge is -2.12. The molecule has 0 saturated carbocycles. The maximum atomic E-state index is 14.3. The number of aromatic amines is 1. The van der Waals surface area contributed by atoms with Crippen molar-refractivity contribution in [2.45, 2.75) is 25.7 Å². The number of nitrogens with one attached hydrogen (secondary N) is 1. The number of hydrogen-bond acceptors (Lipinski definition) is 4. The van der Waals surface area contributed by atoms with Crippen molar-refractivity contribution in [1.82, 2.24) is 15.2 Å². The minimum absolute atomic E-state index is 0.0244. The number of aliphatic carboxylic acids is 1. The number of benzene rings is 1. The van der Waals surface area contributed by atoms with Gasteiger partial charge in [-0.3, -0.25) is 14.9 Å². The zero-order valence-corrected chi connectivity index (χ0v) is 14.9. The molecule has 3 aromatic rings. The Balaban J connectivity index is 1.55. The molecule has 0 spiro atoms. The van der Waals surface area contributed by atoms with Crippen molar-refractivity contribution in [2.24, 2.45) is 0 Å². The van der Waals surface area contributed by atoms with Gasteiger partial charge in [0.2, 0.25) is 0 Å². The number of H-pyrrole nitrogens is 1. The molecule has 0 saturated heterocycles. The van der Waals surface area contributed by atoms with Gasteiger partial charge in [-0.15, -0.1) is 0 Å². The Labute approximate surface area is 156 Å². The van der Waals surface area contributed by atoms with E-state index in [-0.39, 0.29) is 18.2 Å².